The maximum Gasteiger partial charge on any atom is 0.326 e. The van der Waals surface area contributed by atoms with Gasteiger partial charge in [0.15, 0.2) is 0 Å². The first-order valence-corrected chi connectivity index (χ1v) is 8.25. The first kappa shape index (κ1) is 19.1. The lowest BCUT2D eigenvalue weighted by Crippen LogP contribution is -2.41. The highest BCUT2D eigenvalue weighted by Gasteiger charge is 2.20. The van der Waals surface area contributed by atoms with Gasteiger partial charge in [-0.1, -0.05) is 42.5 Å². The van der Waals surface area contributed by atoms with E-state index in [1.54, 1.807) is 6.07 Å². The second-order valence-corrected chi connectivity index (χ2v) is 5.94. The summed E-state index contributed by atoms with van der Waals surface area (Å²) in [4.78, 5) is 33.7. The summed E-state index contributed by atoms with van der Waals surface area (Å²) in [7, 11) is 0. The van der Waals surface area contributed by atoms with Gasteiger partial charge in [-0.2, -0.15) is 0 Å². The van der Waals surface area contributed by atoms with Crippen LogP contribution in [0.15, 0.2) is 54.6 Å². The number of nitrogens with one attached hydrogen (secondary N) is 1. The standard InChI is InChI=1S/C19H20N2O5/c22-18(13-15-9-4-10-16(12-15)21(25)26)20-17(19(23)24)11-5-8-14-6-2-1-3-7-14/h1-4,6-7,9-10,12,17H,5,8,11,13H2,(H,20,22)(H,23,24)/t17-/m0/s1. The van der Waals surface area contributed by atoms with E-state index in [0.717, 1.165) is 12.0 Å². The van der Waals surface area contributed by atoms with Crippen molar-refractivity contribution in [2.45, 2.75) is 31.7 Å². The summed E-state index contributed by atoms with van der Waals surface area (Å²) in [6.45, 7) is 0. The van der Waals surface area contributed by atoms with E-state index >= 15 is 0 Å². The van der Waals surface area contributed by atoms with Crippen LogP contribution >= 0.6 is 0 Å². The number of aryl methyl sites for hydroxylation is 1. The zero-order valence-electron chi connectivity index (χ0n) is 14.1. The highest BCUT2D eigenvalue weighted by molar-refractivity contribution is 5.84. The number of carboxylic acids is 1. The van der Waals surface area contributed by atoms with Crippen molar-refractivity contribution in [2.75, 3.05) is 0 Å². The lowest BCUT2D eigenvalue weighted by molar-refractivity contribution is -0.384. The van der Waals surface area contributed by atoms with E-state index in [1.807, 2.05) is 30.3 Å². The molecule has 2 aromatic rings. The molecule has 7 heteroatoms. The van der Waals surface area contributed by atoms with Gasteiger partial charge in [-0.15, -0.1) is 0 Å². The van der Waals surface area contributed by atoms with Crippen LogP contribution in [-0.2, 0) is 22.4 Å². The number of nitro groups is 1. The van der Waals surface area contributed by atoms with Crippen LogP contribution in [0.25, 0.3) is 0 Å². The second kappa shape index (κ2) is 9.31. The number of carboxylic acid groups (broad SMARTS) is 1. The Morgan fingerprint density at radius 2 is 1.77 bits per heavy atom. The number of nitrogens with zero attached hydrogens (tertiary/aromatic N) is 1. The summed E-state index contributed by atoms with van der Waals surface area (Å²) >= 11 is 0. The number of hydrogen-bond acceptors (Lipinski definition) is 4. The largest absolute Gasteiger partial charge is 0.480 e. The first-order chi connectivity index (χ1) is 12.5. The molecule has 26 heavy (non-hydrogen) atoms. The van der Waals surface area contributed by atoms with E-state index in [0.29, 0.717) is 18.4 Å². The Labute approximate surface area is 150 Å². The fourth-order valence-corrected chi connectivity index (χ4v) is 2.62. The summed E-state index contributed by atoms with van der Waals surface area (Å²) in [6.07, 6.45) is 1.55. The number of aliphatic carboxylic acids is 1. The zero-order valence-corrected chi connectivity index (χ0v) is 14.1. The lowest BCUT2D eigenvalue weighted by Gasteiger charge is -2.14. The third kappa shape index (κ3) is 6.01. The molecule has 0 spiro atoms. The predicted molar refractivity (Wildman–Crippen MR) is 95.7 cm³/mol. The highest BCUT2D eigenvalue weighted by atomic mass is 16.6. The Bertz CT molecular complexity index is 777. The van der Waals surface area contributed by atoms with Crippen LogP contribution in [0.4, 0.5) is 5.69 Å². The van der Waals surface area contributed by atoms with E-state index in [4.69, 9.17) is 0 Å². The fourth-order valence-electron chi connectivity index (χ4n) is 2.62. The van der Waals surface area contributed by atoms with Crippen LogP contribution in [-0.4, -0.2) is 27.9 Å². The molecule has 0 saturated carbocycles. The van der Waals surface area contributed by atoms with Gasteiger partial charge in [0.05, 0.1) is 11.3 Å². The van der Waals surface area contributed by atoms with Crippen molar-refractivity contribution in [1.82, 2.24) is 5.32 Å². The van der Waals surface area contributed by atoms with Crippen molar-refractivity contribution in [3.8, 4) is 0 Å². The van der Waals surface area contributed by atoms with Crippen molar-refractivity contribution in [2.24, 2.45) is 0 Å². The Balaban J connectivity index is 1.88. The average molecular weight is 356 g/mol. The molecule has 0 bridgehead atoms. The average Bonchev–Trinajstić information content (AvgIpc) is 2.61. The third-order valence-corrected chi connectivity index (χ3v) is 3.92. The van der Waals surface area contributed by atoms with Gasteiger partial charge in [-0.25, -0.2) is 4.79 Å². The molecular weight excluding hydrogens is 336 g/mol. The number of amides is 1. The van der Waals surface area contributed by atoms with Gasteiger partial charge in [-0.3, -0.25) is 14.9 Å². The lowest BCUT2D eigenvalue weighted by atomic mass is 10.0. The molecule has 2 aromatic carbocycles. The molecule has 0 unspecified atom stereocenters. The summed E-state index contributed by atoms with van der Waals surface area (Å²) in [6, 6.07) is 14.5. The number of carbonyl (C=O) groups excluding carboxylic acids is 1. The summed E-state index contributed by atoms with van der Waals surface area (Å²) in [5.41, 5.74) is 1.47. The molecule has 2 rings (SSSR count). The predicted octanol–water partition coefficient (Wildman–Crippen LogP) is 2.73. The molecule has 0 saturated heterocycles. The van der Waals surface area contributed by atoms with Crippen molar-refractivity contribution in [3.63, 3.8) is 0 Å². The maximum absolute atomic E-state index is 12.1. The molecule has 0 aliphatic carbocycles. The quantitative estimate of drug-likeness (QED) is 0.530. The van der Waals surface area contributed by atoms with Gasteiger partial charge in [0, 0.05) is 12.1 Å². The van der Waals surface area contributed by atoms with Gasteiger partial charge < -0.3 is 10.4 Å². The molecule has 1 amide bonds. The van der Waals surface area contributed by atoms with Gasteiger partial charge >= 0.3 is 5.97 Å². The topological polar surface area (TPSA) is 110 Å². The molecule has 0 aliphatic rings. The number of nitro benzene ring substituents is 1. The van der Waals surface area contributed by atoms with Crippen molar-refractivity contribution in [1.29, 1.82) is 0 Å². The Morgan fingerprint density at radius 3 is 2.42 bits per heavy atom. The van der Waals surface area contributed by atoms with Crippen LogP contribution in [0.2, 0.25) is 0 Å². The van der Waals surface area contributed by atoms with Crippen LogP contribution in [0.1, 0.15) is 24.0 Å². The molecule has 0 heterocycles. The molecule has 0 fully saturated rings. The Morgan fingerprint density at radius 1 is 1.08 bits per heavy atom. The summed E-state index contributed by atoms with van der Waals surface area (Å²) in [5, 5.41) is 22.6. The Kier molecular flexibility index (Phi) is 6.84. The van der Waals surface area contributed by atoms with Crippen molar-refractivity contribution in [3.05, 3.63) is 75.8 Å². The smallest absolute Gasteiger partial charge is 0.326 e. The number of hydrogen-bond donors (Lipinski definition) is 2. The van der Waals surface area contributed by atoms with Crippen molar-refractivity contribution < 1.29 is 19.6 Å². The monoisotopic (exact) mass is 356 g/mol. The molecule has 2 N–H and O–H groups in total. The second-order valence-electron chi connectivity index (χ2n) is 5.94. The minimum Gasteiger partial charge on any atom is -0.480 e. The molecule has 7 nitrogen and oxygen atoms in total. The number of non-ortho nitro benzene ring substituents is 1. The number of benzene rings is 2. The zero-order chi connectivity index (χ0) is 18.9. The maximum atomic E-state index is 12.1. The van der Waals surface area contributed by atoms with Crippen LogP contribution in [0.3, 0.4) is 0 Å². The fraction of sp³-hybridized carbons (Fsp3) is 0.263. The summed E-state index contributed by atoms with van der Waals surface area (Å²) < 4.78 is 0. The summed E-state index contributed by atoms with van der Waals surface area (Å²) in [5.74, 6) is -1.57. The SMILES string of the molecule is O=C(Cc1cccc([N+](=O)[O-])c1)N[C@@H](CCCc1ccccc1)C(=O)O. The van der Waals surface area contributed by atoms with Crippen LogP contribution < -0.4 is 5.32 Å². The molecule has 136 valence electrons. The van der Waals surface area contributed by atoms with Crippen LogP contribution in [0.5, 0.6) is 0 Å². The van der Waals surface area contributed by atoms with Gasteiger partial charge in [0.25, 0.3) is 5.69 Å². The number of rotatable bonds is 9. The van der Waals surface area contributed by atoms with E-state index in [-0.39, 0.29) is 12.1 Å². The van der Waals surface area contributed by atoms with E-state index in [2.05, 4.69) is 5.32 Å². The molecule has 0 aliphatic heterocycles. The third-order valence-electron chi connectivity index (χ3n) is 3.92. The Hall–Kier alpha value is -3.22. The molecule has 0 radical (unpaired) electrons. The van der Waals surface area contributed by atoms with Crippen molar-refractivity contribution >= 4 is 17.6 Å². The highest BCUT2D eigenvalue weighted by Crippen LogP contribution is 2.14. The molecule has 1 atom stereocenters. The van der Waals surface area contributed by atoms with Crippen LogP contribution in [0, 0.1) is 10.1 Å². The van der Waals surface area contributed by atoms with Gasteiger partial charge in [-0.05, 0) is 30.4 Å². The van der Waals surface area contributed by atoms with E-state index in [1.165, 1.54) is 18.2 Å². The number of carbonyl (C=O) groups is 2. The molecule has 0 aromatic heterocycles. The first-order valence-electron chi connectivity index (χ1n) is 8.25. The van der Waals surface area contributed by atoms with Gasteiger partial charge in [0.2, 0.25) is 5.91 Å². The minimum absolute atomic E-state index is 0.104. The van der Waals surface area contributed by atoms with Gasteiger partial charge in [0.1, 0.15) is 6.04 Å². The molecular formula is C19H20N2O5. The normalized spacial score (nSPS) is 11.5. The van der Waals surface area contributed by atoms with E-state index < -0.39 is 22.8 Å². The van der Waals surface area contributed by atoms with E-state index in [9.17, 15) is 24.8 Å². The minimum atomic E-state index is -1.09.